The number of anilines is 1. The fraction of sp³-hybridized carbons (Fsp3) is 0.214. The van der Waals surface area contributed by atoms with Crippen LogP contribution >= 0.6 is 0 Å². The topological polar surface area (TPSA) is 24.9 Å². The van der Waals surface area contributed by atoms with Crippen LogP contribution in [0.3, 0.4) is 0 Å². The normalized spacial score (nSPS) is 11.4. The molecule has 0 radical (unpaired) electrons. The number of halogens is 3. The smallest absolute Gasteiger partial charge is 0.379 e. The van der Waals surface area contributed by atoms with Gasteiger partial charge < -0.3 is 5.32 Å². The summed E-state index contributed by atoms with van der Waals surface area (Å²) >= 11 is 0. The summed E-state index contributed by atoms with van der Waals surface area (Å²) in [6, 6.07) is 9.08. The molecule has 0 aliphatic heterocycles. The molecule has 1 aromatic carbocycles. The molecule has 0 saturated carbocycles. The van der Waals surface area contributed by atoms with Crippen LogP contribution in [0.25, 0.3) is 0 Å². The lowest BCUT2D eigenvalue weighted by Crippen LogP contribution is -2.11. The van der Waals surface area contributed by atoms with Gasteiger partial charge in [-0.25, -0.2) is 0 Å². The predicted octanol–water partition coefficient (Wildman–Crippen LogP) is 4.02. The molecular formula is C14H13F3N2. The Labute approximate surface area is 109 Å². The molecule has 0 atom stereocenters. The number of pyridine rings is 1. The highest BCUT2D eigenvalue weighted by Gasteiger charge is 2.32. The zero-order valence-electron chi connectivity index (χ0n) is 10.3. The Kier molecular flexibility index (Phi) is 3.74. The summed E-state index contributed by atoms with van der Waals surface area (Å²) in [5.74, 6) is 0. The van der Waals surface area contributed by atoms with E-state index in [2.05, 4.69) is 10.3 Å². The lowest BCUT2D eigenvalue weighted by molar-refractivity contribution is -0.136. The lowest BCUT2D eigenvalue weighted by Gasteiger charge is -2.14. The van der Waals surface area contributed by atoms with E-state index in [0.717, 1.165) is 11.6 Å². The van der Waals surface area contributed by atoms with Gasteiger partial charge >= 0.3 is 6.18 Å². The summed E-state index contributed by atoms with van der Waals surface area (Å²) < 4.78 is 38.3. The van der Waals surface area contributed by atoms with Gasteiger partial charge in [-0.2, -0.15) is 13.2 Å². The van der Waals surface area contributed by atoms with Crippen molar-refractivity contribution < 1.29 is 13.2 Å². The maximum Gasteiger partial charge on any atom is 0.418 e. The molecule has 0 bridgehead atoms. The molecule has 0 saturated heterocycles. The van der Waals surface area contributed by atoms with Gasteiger partial charge in [0.05, 0.1) is 17.8 Å². The zero-order valence-corrected chi connectivity index (χ0v) is 10.3. The second-order valence-corrected chi connectivity index (χ2v) is 4.22. The number of aryl methyl sites for hydroxylation is 1. The first-order valence-electron chi connectivity index (χ1n) is 5.78. The summed E-state index contributed by atoms with van der Waals surface area (Å²) in [5, 5.41) is 2.77. The van der Waals surface area contributed by atoms with Crippen molar-refractivity contribution in [3.05, 3.63) is 59.4 Å². The fourth-order valence-corrected chi connectivity index (χ4v) is 1.67. The lowest BCUT2D eigenvalue weighted by atomic mass is 10.1. The van der Waals surface area contributed by atoms with Gasteiger partial charge in [-0.1, -0.05) is 18.2 Å². The number of hydrogen-bond donors (Lipinski definition) is 1. The van der Waals surface area contributed by atoms with Gasteiger partial charge in [0.15, 0.2) is 0 Å². The molecule has 0 fully saturated rings. The van der Waals surface area contributed by atoms with E-state index < -0.39 is 11.7 Å². The minimum Gasteiger partial charge on any atom is -0.379 e. The quantitative estimate of drug-likeness (QED) is 0.907. The third-order valence-electron chi connectivity index (χ3n) is 2.67. The Morgan fingerprint density at radius 3 is 2.47 bits per heavy atom. The van der Waals surface area contributed by atoms with Crippen molar-refractivity contribution in [1.82, 2.24) is 4.98 Å². The molecule has 0 aliphatic rings. The molecule has 2 rings (SSSR count). The van der Waals surface area contributed by atoms with Crippen LogP contribution < -0.4 is 5.32 Å². The number of benzene rings is 1. The van der Waals surface area contributed by atoms with E-state index in [9.17, 15) is 13.2 Å². The molecule has 1 heterocycles. The first kappa shape index (κ1) is 13.4. The van der Waals surface area contributed by atoms with Crippen LogP contribution in [0.15, 0.2) is 42.6 Å². The monoisotopic (exact) mass is 266 g/mol. The highest BCUT2D eigenvalue weighted by Crippen LogP contribution is 2.34. The predicted molar refractivity (Wildman–Crippen MR) is 67.7 cm³/mol. The second kappa shape index (κ2) is 5.30. The van der Waals surface area contributed by atoms with E-state index in [1.807, 2.05) is 13.0 Å². The molecular weight excluding hydrogens is 253 g/mol. The van der Waals surface area contributed by atoms with Crippen molar-refractivity contribution in [2.24, 2.45) is 0 Å². The molecule has 2 aromatic rings. The SMILES string of the molecule is Cc1ccc(CNc2ccccc2C(F)(F)F)nc1. The summed E-state index contributed by atoms with van der Waals surface area (Å²) in [7, 11) is 0. The number of hydrogen-bond acceptors (Lipinski definition) is 2. The van der Waals surface area contributed by atoms with Gasteiger partial charge in [-0.05, 0) is 30.7 Å². The number of para-hydroxylation sites is 1. The molecule has 1 N–H and O–H groups in total. The number of rotatable bonds is 3. The van der Waals surface area contributed by atoms with Gasteiger partial charge in [0.1, 0.15) is 0 Å². The Bertz CT molecular complexity index is 547. The largest absolute Gasteiger partial charge is 0.418 e. The van der Waals surface area contributed by atoms with Crippen LogP contribution in [0.1, 0.15) is 16.8 Å². The molecule has 100 valence electrons. The van der Waals surface area contributed by atoms with E-state index >= 15 is 0 Å². The van der Waals surface area contributed by atoms with Crippen molar-refractivity contribution >= 4 is 5.69 Å². The minimum atomic E-state index is -4.36. The minimum absolute atomic E-state index is 0.0670. The van der Waals surface area contributed by atoms with Gasteiger partial charge in [0, 0.05) is 11.9 Å². The first-order chi connectivity index (χ1) is 8.97. The van der Waals surface area contributed by atoms with E-state index in [4.69, 9.17) is 0 Å². The highest BCUT2D eigenvalue weighted by atomic mass is 19.4. The highest BCUT2D eigenvalue weighted by molar-refractivity contribution is 5.52. The molecule has 19 heavy (non-hydrogen) atoms. The second-order valence-electron chi connectivity index (χ2n) is 4.22. The molecule has 0 unspecified atom stereocenters. The standard InChI is InChI=1S/C14H13F3N2/c1-10-6-7-11(18-8-10)9-19-13-5-3-2-4-12(13)14(15,16)17/h2-8,19H,9H2,1H3. The van der Waals surface area contributed by atoms with Crippen LogP contribution in [0.5, 0.6) is 0 Å². The molecule has 0 spiro atoms. The maximum atomic E-state index is 12.8. The van der Waals surface area contributed by atoms with Crippen LogP contribution in [-0.4, -0.2) is 4.98 Å². The summed E-state index contributed by atoms with van der Waals surface area (Å²) in [6.45, 7) is 2.16. The number of alkyl halides is 3. The van der Waals surface area contributed by atoms with Gasteiger partial charge in [0.25, 0.3) is 0 Å². The fourth-order valence-electron chi connectivity index (χ4n) is 1.67. The third kappa shape index (κ3) is 3.47. The Balaban J connectivity index is 2.14. The molecule has 0 aliphatic carbocycles. The van der Waals surface area contributed by atoms with Crippen LogP contribution in [0.4, 0.5) is 18.9 Å². The molecule has 5 heteroatoms. The average molecular weight is 266 g/mol. The van der Waals surface area contributed by atoms with Crippen LogP contribution in [0.2, 0.25) is 0 Å². The Morgan fingerprint density at radius 2 is 1.84 bits per heavy atom. The van der Waals surface area contributed by atoms with E-state index in [-0.39, 0.29) is 12.2 Å². The van der Waals surface area contributed by atoms with Crippen LogP contribution in [-0.2, 0) is 12.7 Å². The van der Waals surface area contributed by atoms with Gasteiger partial charge in [-0.3, -0.25) is 4.98 Å². The zero-order chi connectivity index (χ0) is 13.9. The van der Waals surface area contributed by atoms with Gasteiger partial charge in [0.2, 0.25) is 0 Å². The summed E-state index contributed by atoms with van der Waals surface area (Å²) in [5.41, 5.74) is 1.11. The average Bonchev–Trinajstić information content (AvgIpc) is 2.37. The van der Waals surface area contributed by atoms with E-state index in [1.165, 1.54) is 12.1 Å². The van der Waals surface area contributed by atoms with E-state index in [0.29, 0.717) is 5.69 Å². The van der Waals surface area contributed by atoms with Crippen LogP contribution in [0, 0.1) is 6.92 Å². The van der Waals surface area contributed by atoms with Crippen molar-refractivity contribution in [1.29, 1.82) is 0 Å². The van der Waals surface area contributed by atoms with Crippen molar-refractivity contribution in [3.8, 4) is 0 Å². The van der Waals surface area contributed by atoms with Crippen molar-refractivity contribution in [2.75, 3.05) is 5.32 Å². The summed E-state index contributed by atoms with van der Waals surface area (Å²) in [4.78, 5) is 4.14. The van der Waals surface area contributed by atoms with Gasteiger partial charge in [-0.15, -0.1) is 0 Å². The third-order valence-corrected chi connectivity index (χ3v) is 2.67. The molecule has 2 nitrogen and oxygen atoms in total. The molecule has 0 amide bonds. The number of aromatic nitrogens is 1. The number of nitrogens with zero attached hydrogens (tertiary/aromatic N) is 1. The van der Waals surface area contributed by atoms with Crippen molar-refractivity contribution in [2.45, 2.75) is 19.6 Å². The first-order valence-corrected chi connectivity index (χ1v) is 5.78. The molecule has 1 aromatic heterocycles. The Hall–Kier alpha value is -2.04. The van der Waals surface area contributed by atoms with E-state index in [1.54, 1.807) is 18.3 Å². The van der Waals surface area contributed by atoms with Crippen molar-refractivity contribution in [3.63, 3.8) is 0 Å². The maximum absolute atomic E-state index is 12.8. The Morgan fingerprint density at radius 1 is 1.11 bits per heavy atom. The summed E-state index contributed by atoms with van der Waals surface area (Å²) in [6.07, 6.45) is -2.67. The number of nitrogens with one attached hydrogen (secondary N) is 1.